The van der Waals surface area contributed by atoms with E-state index >= 15 is 0 Å². The standard InChI is InChI=1S/C45H52N8O6/c1-48-24-35(33-18-40(51-11-4-12-51)46-19-34(33)43(48)56)29-16-38(58-2)36(39(17-29)59-3)25-50-21-28(22-50)20-49-13-9-45(10-14-49)26-52(27-45)31-5-6-32-30(15-31)23-53(44(32)57)37-7-8-41(54)47-42(37)55/h5-6,15-19,24,28,37H,4,7-14,20-23,25-27H2,1-3H3,(H,47,54,55). The number of hydrogen-bond acceptors (Lipinski definition) is 11. The number of piperidine rings is 2. The Morgan fingerprint density at radius 3 is 2.29 bits per heavy atom. The van der Waals surface area contributed by atoms with Crippen LogP contribution in [0.4, 0.5) is 11.5 Å². The molecule has 2 aromatic heterocycles. The maximum absolute atomic E-state index is 13.2. The van der Waals surface area contributed by atoms with Crippen LogP contribution in [0.1, 0.15) is 53.6 Å². The summed E-state index contributed by atoms with van der Waals surface area (Å²) in [6, 6.07) is 11.7. The first-order valence-electron chi connectivity index (χ1n) is 21.1. The van der Waals surface area contributed by atoms with Crippen molar-refractivity contribution < 1.29 is 23.9 Å². The second kappa shape index (κ2) is 14.7. The molecule has 5 fully saturated rings. The average Bonchev–Trinajstić information content (AvgIpc) is 3.51. The topological polar surface area (TPSA) is 133 Å². The van der Waals surface area contributed by atoms with Gasteiger partial charge in [-0.05, 0) is 92.2 Å². The second-order valence-electron chi connectivity index (χ2n) is 17.7. The van der Waals surface area contributed by atoms with Crippen LogP contribution >= 0.6 is 0 Å². The van der Waals surface area contributed by atoms with Gasteiger partial charge in [-0.15, -0.1) is 0 Å². The number of anilines is 2. The lowest BCUT2D eigenvalue weighted by Crippen LogP contribution is -2.61. The summed E-state index contributed by atoms with van der Waals surface area (Å²) in [5.74, 6) is 2.30. The number of nitrogens with zero attached hydrogens (tertiary/aromatic N) is 7. The number of likely N-dealkylation sites (tertiary alicyclic amines) is 2. The van der Waals surface area contributed by atoms with Crippen LogP contribution in [-0.2, 0) is 29.7 Å². The molecule has 1 atom stereocenters. The van der Waals surface area contributed by atoms with Crippen LogP contribution in [0.25, 0.3) is 21.9 Å². The highest BCUT2D eigenvalue weighted by Crippen LogP contribution is 2.44. The smallest absolute Gasteiger partial charge is 0.259 e. The Kier molecular flexibility index (Phi) is 9.39. The molecule has 2 aromatic carbocycles. The third-order valence-electron chi connectivity index (χ3n) is 13.9. The molecule has 8 heterocycles. The van der Waals surface area contributed by atoms with E-state index in [0.717, 1.165) is 123 Å². The lowest BCUT2D eigenvalue weighted by Gasteiger charge is -2.55. The number of rotatable bonds is 10. The highest BCUT2D eigenvalue weighted by molar-refractivity contribution is 6.05. The van der Waals surface area contributed by atoms with Crippen molar-refractivity contribution in [1.29, 1.82) is 0 Å². The number of fused-ring (bicyclic) bond motifs is 2. The highest BCUT2D eigenvalue weighted by atomic mass is 16.5. The predicted octanol–water partition coefficient (Wildman–Crippen LogP) is 3.62. The number of benzene rings is 2. The number of hydrogen-bond donors (Lipinski definition) is 1. The van der Waals surface area contributed by atoms with Gasteiger partial charge in [0.25, 0.3) is 11.5 Å². The molecular formula is C45H52N8O6. The summed E-state index contributed by atoms with van der Waals surface area (Å²) in [5, 5.41) is 3.86. The van der Waals surface area contributed by atoms with E-state index in [-0.39, 0.29) is 29.7 Å². The van der Waals surface area contributed by atoms with Crippen LogP contribution in [0.15, 0.2) is 53.6 Å². The number of amides is 3. The molecule has 59 heavy (non-hydrogen) atoms. The Morgan fingerprint density at radius 1 is 0.864 bits per heavy atom. The minimum atomic E-state index is -0.592. The van der Waals surface area contributed by atoms with Gasteiger partial charge in [0.2, 0.25) is 11.8 Å². The van der Waals surface area contributed by atoms with Gasteiger partial charge in [-0.3, -0.25) is 29.4 Å². The molecular weight excluding hydrogens is 749 g/mol. The molecule has 1 spiro atoms. The van der Waals surface area contributed by atoms with Gasteiger partial charge in [0.1, 0.15) is 23.4 Å². The normalized spacial score (nSPS) is 22.0. The van der Waals surface area contributed by atoms with Crippen molar-refractivity contribution in [3.63, 3.8) is 0 Å². The molecule has 4 aromatic rings. The molecule has 14 heteroatoms. The Morgan fingerprint density at radius 2 is 1.61 bits per heavy atom. The van der Waals surface area contributed by atoms with Crippen LogP contribution in [0, 0.1) is 11.3 Å². The van der Waals surface area contributed by atoms with Crippen LogP contribution in [0.5, 0.6) is 11.5 Å². The Balaban J connectivity index is 0.733. The SMILES string of the molecule is COc1cc(-c2cn(C)c(=O)c3cnc(N4CCC4)cc23)cc(OC)c1CN1CC(CN2CCC3(CC2)CN(c2ccc4c(c2)CN(C2CCC(=O)NC2=O)C4=O)C3)C1. The number of methoxy groups -OCH3 is 2. The first-order chi connectivity index (χ1) is 28.6. The van der Waals surface area contributed by atoms with Gasteiger partial charge < -0.3 is 33.6 Å². The molecule has 6 aliphatic rings. The largest absolute Gasteiger partial charge is 0.496 e. The minimum Gasteiger partial charge on any atom is -0.496 e. The van der Waals surface area contributed by atoms with Crippen LogP contribution in [0.2, 0.25) is 0 Å². The van der Waals surface area contributed by atoms with Crippen molar-refractivity contribution in [2.45, 2.75) is 51.2 Å². The van der Waals surface area contributed by atoms with Gasteiger partial charge in [-0.2, -0.15) is 0 Å². The molecule has 3 amide bonds. The number of nitrogens with one attached hydrogen (secondary N) is 1. The molecule has 1 unspecified atom stereocenters. The lowest BCUT2D eigenvalue weighted by molar-refractivity contribution is -0.136. The van der Waals surface area contributed by atoms with Crippen molar-refractivity contribution in [3.05, 3.63) is 75.8 Å². The number of pyridine rings is 2. The third-order valence-corrected chi connectivity index (χ3v) is 13.9. The molecule has 0 saturated carbocycles. The van der Waals surface area contributed by atoms with Crippen molar-refractivity contribution in [2.24, 2.45) is 18.4 Å². The van der Waals surface area contributed by atoms with Crippen molar-refractivity contribution in [2.75, 3.05) is 82.9 Å². The van der Waals surface area contributed by atoms with E-state index in [1.54, 1.807) is 36.9 Å². The fraction of sp³-hybridized carbons (Fsp3) is 0.489. The second-order valence-corrected chi connectivity index (χ2v) is 17.7. The fourth-order valence-corrected chi connectivity index (χ4v) is 10.3. The van der Waals surface area contributed by atoms with E-state index in [4.69, 9.17) is 9.47 Å². The van der Waals surface area contributed by atoms with Gasteiger partial charge in [0.05, 0.1) is 25.2 Å². The van der Waals surface area contributed by atoms with Crippen LogP contribution < -0.4 is 30.1 Å². The first kappa shape index (κ1) is 37.8. The summed E-state index contributed by atoms with van der Waals surface area (Å²) in [4.78, 5) is 66.4. The quantitative estimate of drug-likeness (QED) is 0.236. The van der Waals surface area contributed by atoms with Gasteiger partial charge >= 0.3 is 0 Å². The summed E-state index contributed by atoms with van der Waals surface area (Å²) in [5.41, 5.74) is 5.94. The van der Waals surface area contributed by atoms with E-state index < -0.39 is 6.04 Å². The average molecular weight is 801 g/mol. The molecule has 0 bridgehead atoms. The summed E-state index contributed by atoms with van der Waals surface area (Å²) in [6.07, 6.45) is 7.78. The monoisotopic (exact) mass is 800 g/mol. The summed E-state index contributed by atoms with van der Waals surface area (Å²) in [6.45, 7) is 10.6. The Bertz CT molecular complexity index is 2400. The van der Waals surface area contributed by atoms with Gasteiger partial charge in [-0.1, -0.05) is 0 Å². The number of carbonyl (C=O) groups excluding carboxylic acids is 3. The number of ether oxygens (including phenoxy) is 2. The van der Waals surface area contributed by atoms with Gasteiger partial charge in [0, 0.05) is 112 Å². The zero-order valence-corrected chi connectivity index (χ0v) is 34.2. The maximum atomic E-state index is 13.2. The summed E-state index contributed by atoms with van der Waals surface area (Å²) in [7, 11) is 5.21. The van der Waals surface area contributed by atoms with E-state index in [9.17, 15) is 19.2 Å². The molecule has 5 saturated heterocycles. The van der Waals surface area contributed by atoms with Gasteiger partial charge in [-0.25, -0.2) is 4.98 Å². The molecule has 1 N–H and O–H groups in total. The molecule has 10 rings (SSSR count). The number of carbonyl (C=O) groups is 3. The van der Waals surface area contributed by atoms with Crippen molar-refractivity contribution >= 4 is 40.0 Å². The molecule has 308 valence electrons. The zero-order chi connectivity index (χ0) is 40.6. The minimum absolute atomic E-state index is 0.0666. The van der Waals surface area contributed by atoms with E-state index in [1.807, 2.05) is 24.4 Å². The van der Waals surface area contributed by atoms with Crippen molar-refractivity contribution in [3.8, 4) is 22.6 Å². The molecule has 0 aliphatic carbocycles. The zero-order valence-electron chi connectivity index (χ0n) is 34.2. The summed E-state index contributed by atoms with van der Waals surface area (Å²) < 4.78 is 13.6. The van der Waals surface area contributed by atoms with Crippen molar-refractivity contribution in [1.82, 2.24) is 29.6 Å². The van der Waals surface area contributed by atoms with Crippen LogP contribution in [-0.4, -0.2) is 121 Å². The van der Waals surface area contributed by atoms with E-state index in [0.29, 0.717) is 35.2 Å². The number of imide groups is 1. The van der Waals surface area contributed by atoms with E-state index in [2.05, 4.69) is 48.1 Å². The molecule has 14 nitrogen and oxygen atoms in total. The maximum Gasteiger partial charge on any atom is 0.259 e. The Hall–Kier alpha value is -5.47. The first-order valence-corrected chi connectivity index (χ1v) is 21.1. The number of aryl methyl sites for hydroxylation is 1. The highest BCUT2D eigenvalue weighted by Gasteiger charge is 2.46. The summed E-state index contributed by atoms with van der Waals surface area (Å²) >= 11 is 0. The third kappa shape index (κ3) is 6.70. The fourth-order valence-electron chi connectivity index (χ4n) is 10.3. The molecule has 0 radical (unpaired) electrons. The Labute approximate surface area is 343 Å². The number of aromatic nitrogens is 2. The predicted molar refractivity (Wildman–Crippen MR) is 224 cm³/mol. The van der Waals surface area contributed by atoms with E-state index in [1.165, 1.54) is 12.8 Å². The van der Waals surface area contributed by atoms with Gasteiger partial charge in [0.15, 0.2) is 0 Å². The molecule has 6 aliphatic heterocycles. The lowest BCUT2D eigenvalue weighted by atomic mass is 9.71. The van der Waals surface area contributed by atoms with Crippen LogP contribution in [0.3, 0.4) is 0 Å².